The lowest BCUT2D eigenvalue weighted by atomic mass is 9.70. The number of nitrogens with zero attached hydrogens (tertiary/aromatic N) is 4. The van der Waals surface area contributed by atoms with Crippen molar-refractivity contribution in [3.63, 3.8) is 0 Å². The van der Waals surface area contributed by atoms with E-state index >= 15 is 0 Å². The van der Waals surface area contributed by atoms with Crippen molar-refractivity contribution in [3.8, 4) is 0 Å². The molecule has 0 N–H and O–H groups in total. The predicted molar refractivity (Wildman–Crippen MR) is 220 cm³/mol. The largest absolute Gasteiger partial charge is 0.308 e. The normalized spacial score (nSPS) is 13.7. The third-order valence-electron chi connectivity index (χ3n) is 11.5. The zero-order valence-electron chi connectivity index (χ0n) is 31.2. The van der Waals surface area contributed by atoms with Gasteiger partial charge in [0.15, 0.2) is 0 Å². The molecule has 0 bridgehead atoms. The summed E-state index contributed by atoms with van der Waals surface area (Å²) < 4.78 is 0. The van der Waals surface area contributed by atoms with E-state index in [1.807, 2.05) is 36.9 Å². The topological polar surface area (TPSA) is 32.3 Å². The Bertz CT molecular complexity index is 2660. The highest BCUT2D eigenvalue weighted by atomic mass is 15.2. The van der Waals surface area contributed by atoms with Crippen molar-refractivity contribution < 1.29 is 0 Å². The number of benzene rings is 6. The lowest BCUT2D eigenvalue weighted by Crippen LogP contribution is -2.24. The first-order valence-electron chi connectivity index (χ1n) is 18.4. The number of hydrogen-bond donors (Lipinski definition) is 0. The van der Waals surface area contributed by atoms with Gasteiger partial charge in [-0.3, -0.25) is 9.97 Å². The molecule has 256 valence electrons. The van der Waals surface area contributed by atoms with Gasteiger partial charge in [0.2, 0.25) is 0 Å². The van der Waals surface area contributed by atoms with E-state index in [9.17, 15) is 0 Å². The third-order valence-corrected chi connectivity index (χ3v) is 11.5. The first-order valence-corrected chi connectivity index (χ1v) is 18.4. The van der Waals surface area contributed by atoms with Crippen molar-refractivity contribution >= 4 is 66.4 Å². The molecule has 0 aliphatic heterocycles. The standard InChI is InChI=1S/C48H44N4/c1-29-12-16-41(32(4)22-29)51(35-10-8-20-49-27-35)43-24-31(3)37-14-15-38-44(52(36-11-9-21-50-28-36)42-17-13-30(2)23-33(42)5)25-34-18-19-48(6,7)40-26-39(43)46(37)47(38)45(34)40/h8-17,20-28H,18-19H2,1-7H3. The number of aromatic nitrogens is 2. The van der Waals surface area contributed by atoms with E-state index in [4.69, 9.17) is 0 Å². The quantitative estimate of drug-likeness (QED) is 0.164. The number of hydrogen-bond acceptors (Lipinski definition) is 4. The van der Waals surface area contributed by atoms with Gasteiger partial charge in [-0.25, -0.2) is 0 Å². The van der Waals surface area contributed by atoms with Gasteiger partial charge >= 0.3 is 0 Å². The molecule has 0 radical (unpaired) electrons. The Labute approximate surface area is 306 Å². The van der Waals surface area contributed by atoms with Crippen molar-refractivity contribution in [2.24, 2.45) is 0 Å². The summed E-state index contributed by atoms with van der Waals surface area (Å²) in [4.78, 5) is 14.1. The summed E-state index contributed by atoms with van der Waals surface area (Å²) in [7, 11) is 0. The minimum absolute atomic E-state index is 0.0128. The van der Waals surface area contributed by atoms with E-state index in [2.05, 4.69) is 147 Å². The van der Waals surface area contributed by atoms with Crippen molar-refractivity contribution in [1.82, 2.24) is 9.97 Å². The van der Waals surface area contributed by atoms with Gasteiger partial charge in [-0.05, 0) is 151 Å². The van der Waals surface area contributed by atoms with Crippen molar-refractivity contribution in [3.05, 3.63) is 155 Å². The molecule has 0 spiro atoms. The van der Waals surface area contributed by atoms with Crippen LogP contribution in [-0.4, -0.2) is 9.97 Å². The maximum Gasteiger partial charge on any atom is 0.0645 e. The van der Waals surface area contributed by atoms with Crippen LogP contribution in [0.15, 0.2) is 116 Å². The molecule has 1 aliphatic rings. The summed E-state index contributed by atoms with van der Waals surface area (Å²) >= 11 is 0. The highest BCUT2D eigenvalue weighted by molar-refractivity contribution is 6.30. The van der Waals surface area contributed by atoms with Crippen LogP contribution in [0, 0.1) is 34.6 Å². The molecule has 0 saturated heterocycles. The van der Waals surface area contributed by atoms with Gasteiger partial charge in [0, 0.05) is 39.9 Å². The Balaban J connectivity index is 1.44. The average molecular weight is 677 g/mol. The van der Waals surface area contributed by atoms with Crippen LogP contribution in [0.5, 0.6) is 0 Å². The van der Waals surface area contributed by atoms with Gasteiger partial charge in [0.05, 0.1) is 35.1 Å². The fraction of sp³-hybridized carbons (Fsp3) is 0.208. The summed E-state index contributed by atoms with van der Waals surface area (Å²) in [6, 6.07) is 34.2. The molecular formula is C48H44N4. The third kappa shape index (κ3) is 4.96. The predicted octanol–water partition coefficient (Wildman–Crippen LogP) is 13.1. The zero-order chi connectivity index (χ0) is 35.9. The summed E-state index contributed by atoms with van der Waals surface area (Å²) in [5.41, 5.74) is 16.0. The molecule has 9 rings (SSSR count). The van der Waals surface area contributed by atoms with E-state index < -0.39 is 0 Å². The van der Waals surface area contributed by atoms with Gasteiger partial charge in [-0.15, -0.1) is 0 Å². The van der Waals surface area contributed by atoms with Crippen LogP contribution in [0.2, 0.25) is 0 Å². The fourth-order valence-corrected chi connectivity index (χ4v) is 8.90. The fourth-order valence-electron chi connectivity index (χ4n) is 8.90. The summed E-state index contributed by atoms with van der Waals surface area (Å²) in [5.74, 6) is 0. The number of pyridine rings is 2. The second-order valence-electron chi connectivity index (χ2n) is 15.6. The van der Waals surface area contributed by atoms with E-state index in [1.54, 1.807) is 0 Å². The SMILES string of the molecule is Cc1ccc(N(c2cccnc2)c2cc(C)c3ccc4c(N(c5cccnc5)c5ccc(C)cc5C)cc5c6c(cc2c3c46)C(C)(C)CC5)c(C)c1. The van der Waals surface area contributed by atoms with E-state index in [0.717, 1.165) is 24.2 Å². The number of aryl methyl sites for hydroxylation is 6. The minimum atomic E-state index is 0.0128. The molecule has 0 fully saturated rings. The molecule has 8 aromatic rings. The van der Waals surface area contributed by atoms with Crippen LogP contribution < -0.4 is 9.80 Å². The smallest absolute Gasteiger partial charge is 0.0645 e. The van der Waals surface area contributed by atoms with Crippen LogP contribution in [0.3, 0.4) is 0 Å². The zero-order valence-corrected chi connectivity index (χ0v) is 31.2. The first kappa shape index (κ1) is 32.2. The second-order valence-corrected chi connectivity index (χ2v) is 15.6. The Hall–Kier alpha value is -5.74. The first-order chi connectivity index (χ1) is 25.1. The van der Waals surface area contributed by atoms with Gasteiger partial charge in [0.25, 0.3) is 0 Å². The van der Waals surface area contributed by atoms with Gasteiger partial charge in [-0.2, -0.15) is 0 Å². The molecule has 6 aromatic carbocycles. The highest BCUT2D eigenvalue weighted by Gasteiger charge is 2.33. The van der Waals surface area contributed by atoms with E-state index in [1.165, 1.54) is 94.0 Å². The maximum absolute atomic E-state index is 4.61. The molecule has 52 heavy (non-hydrogen) atoms. The minimum Gasteiger partial charge on any atom is -0.308 e. The Morgan fingerprint density at radius 3 is 1.65 bits per heavy atom. The van der Waals surface area contributed by atoms with Crippen molar-refractivity contribution in [2.45, 2.75) is 66.7 Å². The van der Waals surface area contributed by atoms with E-state index in [0.29, 0.717) is 0 Å². The molecule has 0 unspecified atom stereocenters. The average Bonchev–Trinajstić information content (AvgIpc) is 3.13. The van der Waals surface area contributed by atoms with Crippen LogP contribution in [0.25, 0.3) is 32.3 Å². The van der Waals surface area contributed by atoms with E-state index in [-0.39, 0.29) is 5.41 Å². The molecule has 0 amide bonds. The van der Waals surface area contributed by atoms with Crippen molar-refractivity contribution in [2.75, 3.05) is 9.80 Å². The van der Waals surface area contributed by atoms with Crippen LogP contribution >= 0.6 is 0 Å². The summed E-state index contributed by atoms with van der Waals surface area (Å²) in [6.07, 6.45) is 9.83. The molecule has 0 saturated carbocycles. The lowest BCUT2D eigenvalue weighted by Gasteiger charge is -2.37. The molecule has 2 heterocycles. The highest BCUT2D eigenvalue weighted by Crippen LogP contribution is 2.54. The summed E-state index contributed by atoms with van der Waals surface area (Å²) in [5, 5.41) is 7.95. The number of anilines is 6. The molecule has 4 nitrogen and oxygen atoms in total. The molecule has 4 heteroatoms. The maximum atomic E-state index is 4.61. The van der Waals surface area contributed by atoms with Crippen LogP contribution in [0.1, 0.15) is 59.2 Å². The Morgan fingerprint density at radius 2 is 1.10 bits per heavy atom. The number of rotatable bonds is 6. The Morgan fingerprint density at radius 1 is 0.519 bits per heavy atom. The second kappa shape index (κ2) is 11.9. The molecular weight excluding hydrogens is 633 g/mol. The Kier molecular flexibility index (Phi) is 7.38. The molecule has 1 aliphatic carbocycles. The van der Waals surface area contributed by atoms with Crippen molar-refractivity contribution in [1.29, 1.82) is 0 Å². The van der Waals surface area contributed by atoms with Crippen LogP contribution in [-0.2, 0) is 11.8 Å². The molecule has 2 aromatic heterocycles. The van der Waals surface area contributed by atoms with Gasteiger partial charge < -0.3 is 9.80 Å². The van der Waals surface area contributed by atoms with Gasteiger partial charge in [0.1, 0.15) is 0 Å². The summed E-state index contributed by atoms with van der Waals surface area (Å²) in [6.45, 7) is 15.9. The lowest BCUT2D eigenvalue weighted by molar-refractivity contribution is 0.475. The van der Waals surface area contributed by atoms with Gasteiger partial charge in [-0.1, -0.05) is 61.4 Å². The monoisotopic (exact) mass is 676 g/mol. The van der Waals surface area contributed by atoms with Crippen LogP contribution in [0.4, 0.5) is 34.1 Å². The molecule has 0 atom stereocenters.